The average Bonchev–Trinajstić information content (AvgIpc) is 2.64. The lowest BCUT2D eigenvalue weighted by atomic mass is 9.71. The van der Waals surface area contributed by atoms with Gasteiger partial charge in [0.05, 0.1) is 10.5 Å². The monoisotopic (exact) mass is 514 g/mol. The van der Waals surface area contributed by atoms with Crippen molar-refractivity contribution in [3.63, 3.8) is 0 Å². The number of hydrogen-bond acceptors (Lipinski definition) is 3. The number of nitrogens with zero attached hydrogens (tertiary/aromatic N) is 1. The largest absolute Gasteiger partial charge is 0.416 e. The van der Waals surface area contributed by atoms with Gasteiger partial charge >= 0.3 is 41.5 Å². The standard InChI is InChI=1S/C14H4F14N2O3/c15-8(10(19,20)12(23,24)14(27,28)13(25,26)11(8,21)22)7(31)29-5-2-1-4(9(16,17)18)3-6(5)30(32)33/h1-3H,(H,29,31). The highest BCUT2D eigenvalue weighted by atomic mass is 19.4. The molecule has 0 spiro atoms. The van der Waals surface area contributed by atoms with E-state index in [1.54, 1.807) is 0 Å². The second-order valence-corrected chi connectivity index (χ2v) is 6.47. The van der Waals surface area contributed by atoms with Gasteiger partial charge in [0.15, 0.2) is 0 Å². The smallest absolute Gasteiger partial charge is 0.317 e. The van der Waals surface area contributed by atoms with Gasteiger partial charge in [0.2, 0.25) is 0 Å². The molecule has 0 aromatic heterocycles. The van der Waals surface area contributed by atoms with Crippen LogP contribution in [-0.4, -0.2) is 46.1 Å². The van der Waals surface area contributed by atoms with Crippen LogP contribution >= 0.6 is 0 Å². The SMILES string of the molecule is O=C(Nc1ccc(C(F)(F)F)cc1[N+](=O)[O-])C1(F)C(F)(F)C(F)(F)C(F)(F)C(F)(F)C1(F)F. The van der Waals surface area contributed by atoms with Crippen molar-refractivity contribution in [3.8, 4) is 0 Å². The average molecular weight is 514 g/mol. The molecule has 0 heterocycles. The predicted molar refractivity (Wildman–Crippen MR) is 75.3 cm³/mol. The van der Waals surface area contributed by atoms with Crippen molar-refractivity contribution in [1.82, 2.24) is 0 Å². The molecule has 1 aliphatic rings. The number of anilines is 1. The summed E-state index contributed by atoms with van der Waals surface area (Å²) < 4.78 is 188. The Morgan fingerprint density at radius 2 is 1.18 bits per heavy atom. The first-order chi connectivity index (χ1) is 14.4. The van der Waals surface area contributed by atoms with Crippen molar-refractivity contribution in [2.24, 2.45) is 0 Å². The number of nitrogens with one attached hydrogen (secondary N) is 1. The molecule has 1 aromatic carbocycles. The summed E-state index contributed by atoms with van der Waals surface area (Å²) in [6.45, 7) is 0. The van der Waals surface area contributed by atoms with E-state index in [2.05, 4.69) is 0 Å². The molecule has 0 saturated heterocycles. The normalized spacial score (nSPS) is 24.1. The van der Waals surface area contributed by atoms with E-state index >= 15 is 0 Å². The molecular formula is C14H4F14N2O3. The number of benzene rings is 1. The minimum absolute atomic E-state index is 0.165. The summed E-state index contributed by atoms with van der Waals surface area (Å²) in [5.74, 6) is -41.9. The number of nitro groups is 1. The maximum atomic E-state index is 14.6. The third-order valence-corrected chi connectivity index (χ3v) is 4.53. The Labute approximate surface area is 170 Å². The van der Waals surface area contributed by atoms with Crippen molar-refractivity contribution in [1.29, 1.82) is 0 Å². The minimum atomic E-state index is -7.62. The number of amides is 1. The van der Waals surface area contributed by atoms with Crippen molar-refractivity contribution in [2.75, 3.05) is 5.32 Å². The van der Waals surface area contributed by atoms with Crippen molar-refractivity contribution >= 4 is 17.3 Å². The van der Waals surface area contributed by atoms with Gasteiger partial charge in [-0.25, -0.2) is 4.39 Å². The Morgan fingerprint density at radius 3 is 1.55 bits per heavy atom. The van der Waals surface area contributed by atoms with E-state index in [0.717, 1.165) is 0 Å². The predicted octanol–water partition coefficient (Wildman–Crippen LogP) is 5.45. The van der Waals surface area contributed by atoms with Crippen molar-refractivity contribution in [2.45, 2.75) is 41.5 Å². The van der Waals surface area contributed by atoms with E-state index in [1.165, 1.54) is 0 Å². The highest BCUT2D eigenvalue weighted by Crippen LogP contribution is 2.69. The highest BCUT2D eigenvalue weighted by molar-refractivity contribution is 6.01. The van der Waals surface area contributed by atoms with Crippen LogP contribution in [0, 0.1) is 10.1 Å². The summed E-state index contributed by atoms with van der Waals surface area (Å²) in [4.78, 5) is 20.8. The maximum absolute atomic E-state index is 14.6. The molecule has 1 amide bonds. The molecular weight excluding hydrogens is 510 g/mol. The fourth-order valence-corrected chi connectivity index (χ4v) is 2.68. The van der Waals surface area contributed by atoms with Gasteiger partial charge in [-0.3, -0.25) is 14.9 Å². The molecule has 2 rings (SSSR count). The summed E-state index contributed by atoms with van der Waals surface area (Å²) in [5, 5.41) is 11.2. The van der Waals surface area contributed by atoms with Gasteiger partial charge in [0.1, 0.15) is 5.69 Å². The fourth-order valence-electron chi connectivity index (χ4n) is 2.68. The molecule has 19 heteroatoms. The van der Waals surface area contributed by atoms with Crippen LogP contribution < -0.4 is 5.32 Å². The number of nitro benzene ring substituents is 1. The van der Waals surface area contributed by atoms with Crippen LogP contribution in [0.15, 0.2) is 18.2 Å². The minimum Gasteiger partial charge on any atom is -0.317 e. The Morgan fingerprint density at radius 1 is 0.788 bits per heavy atom. The summed E-state index contributed by atoms with van der Waals surface area (Å²) >= 11 is 0. The molecule has 1 aliphatic carbocycles. The van der Waals surface area contributed by atoms with E-state index in [-0.39, 0.29) is 12.1 Å². The van der Waals surface area contributed by atoms with Crippen LogP contribution in [0.5, 0.6) is 0 Å². The topological polar surface area (TPSA) is 72.2 Å². The lowest BCUT2D eigenvalue weighted by molar-refractivity contribution is -0.475. The Balaban J connectivity index is 2.71. The lowest BCUT2D eigenvalue weighted by Crippen LogP contribution is -2.86. The van der Waals surface area contributed by atoms with Gasteiger partial charge in [-0.1, -0.05) is 0 Å². The summed E-state index contributed by atoms with van der Waals surface area (Å²) in [7, 11) is 0. The quantitative estimate of drug-likeness (QED) is 0.332. The van der Waals surface area contributed by atoms with Crippen molar-refractivity contribution < 1.29 is 71.2 Å². The van der Waals surface area contributed by atoms with Gasteiger partial charge in [-0.05, 0) is 12.1 Å². The number of rotatable bonds is 3. The lowest BCUT2D eigenvalue weighted by Gasteiger charge is -2.51. The van der Waals surface area contributed by atoms with E-state index in [0.29, 0.717) is 5.32 Å². The van der Waals surface area contributed by atoms with Gasteiger partial charge < -0.3 is 5.32 Å². The first-order valence-electron chi connectivity index (χ1n) is 7.68. The molecule has 1 fully saturated rings. The zero-order valence-corrected chi connectivity index (χ0v) is 14.7. The van der Waals surface area contributed by atoms with Crippen LogP contribution in [0.4, 0.5) is 72.8 Å². The molecule has 186 valence electrons. The zero-order chi connectivity index (χ0) is 26.2. The van der Waals surface area contributed by atoms with Crippen LogP contribution in [0.2, 0.25) is 0 Å². The molecule has 1 aromatic rings. The number of carbonyl (C=O) groups is 1. The van der Waals surface area contributed by atoms with Gasteiger partial charge in [0, 0.05) is 6.07 Å². The molecule has 0 radical (unpaired) electrons. The third-order valence-electron chi connectivity index (χ3n) is 4.53. The van der Waals surface area contributed by atoms with Crippen LogP contribution in [-0.2, 0) is 11.0 Å². The van der Waals surface area contributed by atoms with E-state index in [9.17, 15) is 76.4 Å². The molecule has 1 N–H and O–H groups in total. The maximum Gasteiger partial charge on any atom is 0.416 e. The van der Waals surface area contributed by atoms with Gasteiger partial charge in [-0.2, -0.15) is 57.1 Å². The second kappa shape index (κ2) is 6.81. The second-order valence-electron chi connectivity index (χ2n) is 6.47. The summed E-state index contributed by atoms with van der Waals surface area (Å²) in [6, 6.07) is -0.830. The molecule has 5 nitrogen and oxygen atoms in total. The van der Waals surface area contributed by atoms with Crippen LogP contribution in [0.3, 0.4) is 0 Å². The number of alkyl halides is 14. The van der Waals surface area contributed by atoms with E-state index in [1.807, 2.05) is 0 Å². The molecule has 0 aliphatic heterocycles. The van der Waals surface area contributed by atoms with Crippen LogP contribution in [0.25, 0.3) is 0 Å². The third kappa shape index (κ3) is 3.02. The summed E-state index contributed by atoms with van der Waals surface area (Å²) in [5.41, 5.74) is -12.8. The highest BCUT2D eigenvalue weighted by Gasteiger charge is 3.02. The van der Waals surface area contributed by atoms with Crippen molar-refractivity contribution in [3.05, 3.63) is 33.9 Å². The fraction of sp³-hybridized carbons (Fsp3) is 0.500. The Hall–Kier alpha value is -2.89. The molecule has 0 bridgehead atoms. The molecule has 33 heavy (non-hydrogen) atoms. The molecule has 1 saturated carbocycles. The van der Waals surface area contributed by atoms with Gasteiger partial charge in [0.25, 0.3) is 11.6 Å². The summed E-state index contributed by atoms with van der Waals surface area (Å²) in [6.07, 6.45) is -5.33. The Bertz CT molecular complexity index is 973. The van der Waals surface area contributed by atoms with Gasteiger partial charge in [-0.15, -0.1) is 0 Å². The Kier molecular flexibility index (Phi) is 5.44. The first-order valence-corrected chi connectivity index (χ1v) is 7.68. The number of halogens is 14. The first kappa shape index (κ1) is 26.4. The number of carbonyl (C=O) groups excluding carboxylic acids is 1. The van der Waals surface area contributed by atoms with E-state index < -0.39 is 75.3 Å². The zero-order valence-electron chi connectivity index (χ0n) is 14.7. The van der Waals surface area contributed by atoms with Crippen LogP contribution in [0.1, 0.15) is 5.56 Å². The number of hydrogen-bond donors (Lipinski definition) is 1. The van der Waals surface area contributed by atoms with E-state index in [4.69, 9.17) is 0 Å². The molecule has 0 unspecified atom stereocenters. The molecule has 0 atom stereocenters.